The maximum atomic E-state index is 6.29. The SMILES string of the molecule is C=C1/C(C)=C(CCC)\C=C/N(C(C)N)/C(C)=C1/C(/C=C\CC)=C/C=C\NC. The molecule has 0 saturated carbocycles. The van der Waals surface area contributed by atoms with E-state index in [1.54, 1.807) is 0 Å². The summed E-state index contributed by atoms with van der Waals surface area (Å²) in [5, 5.41) is 3.05. The van der Waals surface area contributed by atoms with Crippen molar-refractivity contribution in [1.29, 1.82) is 0 Å². The van der Waals surface area contributed by atoms with Gasteiger partial charge in [-0.25, -0.2) is 0 Å². The van der Waals surface area contributed by atoms with Crippen LogP contribution in [0.3, 0.4) is 0 Å². The van der Waals surface area contributed by atoms with Gasteiger partial charge in [0.1, 0.15) is 0 Å². The Kier molecular flexibility index (Phi) is 9.66. The van der Waals surface area contributed by atoms with E-state index >= 15 is 0 Å². The van der Waals surface area contributed by atoms with Crippen molar-refractivity contribution in [2.45, 2.75) is 60.0 Å². The van der Waals surface area contributed by atoms with E-state index in [9.17, 15) is 0 Å². The van der Waals surface area contributed by atoms with Crippen LogP contribution >= 0.6 is 0 Å². The Morgan fingerprint density at radius 3 is 2.59 bits per heavy atom. The van der Waals surface area contributed by atoms with E-state index in [1.807, 2.05) is 26.2 Å². The first-order chi connectivity index (χ1) is 12.9. The molecule has 0 saturated heterocycles. The molecule has 0 aromatic heterocycles. The van der Waals surface area contributed by atoms with E-state index in [0.29, 0.717) is 0 Å². The molecule has 0 fully saturated rings. The molecule has 0 bridgehead atoms. The number of allylic oxidation sites excluding steroid dienone is 11. The normalized spacial score (nSPS) is 24.5. The van der Waals surface area contributed by atoms with Gasteiger partial charge in [-0.05, 0) is 74.3 Å². The van der Waals surface area contributed by atoms with Crippen LogP contribution in [0.2, 0.25) is 0 Å². The fourth-order valence-electron chi connectivity index (χ4n) is 3.22. The van der Waals surface area contributed by atoms with Gasteiger partial charge in [0.15, 0.2) is 0 Å². The quantitative estimate of drug-likeness (QED) is 0.541. The van der Waals surface area contributed by atoms with Gasteiger partial charge < -0.3 is 16.0 Å². The molecule has 1 rings (SSSR count). The number of nitrogens with zero attached hydrogens (tertiary/aromatic N) is 1. The minimum Gasteiger partial charge on any atom is -0.394 e. The third-order valence-electron chi connectivity index (χ3n) is 4.74. The summed E-state index contributed by atoms with van der Waals surface area (Å²) in [4.78, 5) is 2.14. The summed E-state index contributed by atoms with van der Waals surface area (Å²) in [6, 6.07) is 0. The van der Waals surface area contributed by atoms with Crippen molar-refractivity contribution in [2.24, 2.45) is 5.73 Å². The lowest BCUT2D eigenvalue weighted by Gasteiger charge is -2.31. The first kappa shape index (κ1) is 22.8. The van der Waals surface area contributed by atoms with E-state index in [-0.39, 0.29) is 6.17 Å². The van der Waals surface area contributed by atoms with Gasteiger partial charge >= 0.3 is 0 Å². The van der Waals surface area contributed by atoms with Crippen LogP contribution < -0.4 is 11.1 Å². The van der Waals surface area contributed by atoms with E-state index < -0.39 is 0 Å². The van der Waals surface area contributed by atoms with Gasteiger partial charge in [-0.1, -0.05) is 45.1 Å². The van der Waals surface area contributed by atoms with Crippen molar-refractivity contribution in [1.82, 2.24) is 10.2 Å². The minimum absolute atomic E-state index is 0.116. The van der Waals surface area contributed by atoms with Crippen LogP contribution in [-0.4, -0.2) is 18.1 Å². The Balaban J connectivity index is 3.70. The third kappa shape index (κ3) is 6.14. The molecule has 0 aromatic rings. The molecule has 1 unspecified atom stereocenters. The number of nitrogens with two attached hydrogens (primary N) is 1. The molecule has 0 aliphatic carbocycles. The van der Waals surface area contributed by atoms with Crippen LogP contribution in [0.5, 0.6) is 0 Å². The van der Waals surface area contributed by atoms with Gasteiger partial charge in [-0.3, -0.25) is 0 Å². The zero-order chi connectivity index (χ0) is 20.4. The highest BCUT2D eigenvalue weighted by atomic mass is 15.2. The summed E-state index contributed by atoms with van der Waals surface area (Å²) in [5.41, 5.74) is 13.3. The predicted molar refractivity (Wildman–Crippen MR) is 120 cm³/mol. The van der Waals surface area contributed by atoms with Crippen LogP contribution in [0, 0.1) is 0 Å². The molecular formula is C24H37N3. The summed E-state index contributed by atoms with van der Waals surface area (Å²) in [6.07, 6.45) is 17.8. The van der Waals surface area contributed by atoms with Crippen LogP contribution in [-0.2, 0) is 0 Å². The summed E-state index contributed by atoms with van der Waals surface area (Å²) in [7, 11) is 1.90. The first-order valence-electron chi connectivity index (χ1n) is 9.92. The number of hydrogen-bond acceptors (Lipinski definition) is 3. The van der Waals surface area contributed by atoms with E-state index in [1.165, 1.54) is 11.1 Å². The Bertz CT molecular complexity index is 697. The van der Waals surface area contributed by atoms with Crippen molar-refractivity contribution in [2.75, 3.05) is 7.05 Å². The molecule has 0 amide bonds. The Hall–Kier alpha value is -2.26. The van der Waals surface area contributed by atoms with Crippen molar-refractivity contribution in [3.8, 4) is 0 Å². The smallest absolute Gasteiger partial charge is 0.0782 e. The topological polar surface area (TPSA) is 41.3 Å². The minimum atomic E-state index is -0.116. The highest BCUT2D eigenvalue weighted by Gasteiger charge is 2.20. The summed E-state index contributed by atoms with van der Waals surface area (Å²) in [6.45, 7) is 15.2. The van der Waals surface area contributed by atoms with Crippen LogP contribution in [0.15, 0.2) is 82.9 Å². The molecule has 148 valence electrons. The predicted octanol–water partition coefficient (Wildman–Crippen LogP) is 5.69. The third-order valence-corrected chi connectivity index (χ3v) is 4.74. The summed E-state index contributed by atoms with van der Waals surface area (Å²) in [5.74, 6) is 0. The molecule has 0 radical (unpaired) electrons. The lowest BCUT2D eigenvalue weighted by atomic mass is 9.87. The first-order valence-corrected chi connectivity index (χ1v) is 9.92. The molecule has 1 atom stereocenters. The molecule has 27 heavy (non-hydrogen) atoms. The number of rotatable bonds is 8. The molecule has 3 heteroatoms. The maximum Gasteiger partial charge on any atom is 0.0782 e. The second-order valence-corrected chi connectivity index (χ2v) is 6.88. The van der Waals surface area contributed by atoms with Gasteiger partial charge in [0.25, 0.3) is 0 Å². The van der Waals surface area contributed by atoms with E-state index in [2.05, 4.69) is 75.0 Å². The lowest BCUT2D eigenvalue weighted by Crippen LogP contribution is -2.35. The molecule has 1 aliphatic heterocycles. The van der Waals surface area contributed by atoms with Gasteiger partial charge in [0.05, 0.1) is 6.17 Å². The van der Waals surface area contributed by atoms with Crippen molar-refractivity contribution < 1.29 is 0 Å². The molecule has 3 N–H and O–H groups in total. The van der Waals surface area contributed by atoms with Crippen LogP contribution in [0.4, 0.5) is 0 Å². The Labute approximate surface area is 166 Å². The van der Waals surface area contributed by atoms with Crippen molar-refractivity contribution >= 4 is 0 Å². The fourth-order valence-corrected chi connectivity index (χ4v) is 3.22. The zero-order valence-electron chi connectivity index (χ0n) is 18.0. The lowest BCUT2D eigenvalue weighted by molar-refractivity contribution is 0.367. The highest BCUT2D eigenvalue weighted by Crippen LogP contribution is 2.34. The molecule has 3 nitrogen and oxygen atoms in total. The maximum absolute atomic E-state index is 6.29. The number of nitrogens with one attached hydrogen (secondary N) is 1. The van der Waals surface area contributed by atoms with Crippen molar-refractivity contribution in [3.05, 3.63) is 82.9 Å². The van der Waals surface area contributed by atoms with E-state index in [0.717, 1.165) is 41.7 Å². The molecule has 0 aromatic carbocycles. The largest absolute Gasteiger partial charge is 0.394 e. The molecule has 1 aliphatic rings. The fraction of sp³-hybridized carbons (Fsp3) is 0.417. The average molecular weight is 368 g/mol. The summed E-state index contributed by atoms with van der Waals surface area (Å²) >= 11 is 0. The highest BCUT2D eigenvalue weighted by molar-refractivity contribution is 5.62. The van der Waals surface area contributed by atoms with Crippen molar-refractivity contribution in [3.63, 3.8) is 0 Å². The second kappa shape index (κ2) is 11.5. The monoisotopic (exact) mass is 367 g/mol. The summed E-state index contributed by atoms with van der Waals surface area (Å²) < 4.78 is 0. The Morgan fingerprint density at radius 1 is 1.33 bits per heavy atom. The molecular weight excluding hydrogens is 330 g/mol. The van der Waals surface area contributed by atoms with Gasteiger partial charge in [-0.15, -0.1) is 0 Å². The molecule has 1 heterocycles. The van der Waals surface area contributed by atoms with Gasteiger partial charge in [-0.2, -0.15) is 0 Å². The molecule has 0 spiro atoms. The van der Waals surface area contributed by atoms with Gasteiger partial charge in [0, 0.05) is 24.5 Å². The standard InChI is InChI=1S/C24H37N3/c1-8-10-13-23(14-11-16-26-7)24-19(4)18(3)22(12-9-2)15-17-27(20(24)5)21(6)25/h10-11,13-17,21,26H,4,8-9,12,25H2,1-3,5-7H3/b13-10-,16-11-,17-15-,22-18-,23-14+,24-20+. The van der Waals surface area contributed by atoms with Crippen LogP contribution in [0.25, 0.3) is 0 Å². The number of hydrogen-bond donors (Lipinski definition) is 2. The van der Waals surface area contributed by atoms with Crippen LogP contribution in [0.1, 0.15) is 53.9 Å². The zero-order valence-corrected chi connectivity index (χ0v) is 18.0. The van der Waals surface area contributed by atoms with Gasteiger partial charge in [0.2, 0.25) is 0 Å². The Morgan fingerprint density at radius 2 is 2.04 bits per heavy atom. The van der Waals surface area contributed by atoms with E-state index in [4.69, 9.17) is 5.73 Å². The average Bonchev–Trinajstić information content (AvgIpc) is 2.63. The second-order valence-electron chi connectivity index (χ2n) is 6.88.